The van der Waals surface area contributed by atoms with Gasteiger partial charge in [-0.3, -0.25) is 4.90 Å². The quantitative estimate of drug-likeness (QED) is 0.408. The topological polar surface area (TPSA) is 89.9 Å². The number of hydrogen-bond acceptors (Lipinski definition) is 9. The summed E-state index contributed by atoms with van der Waals surface area (Å²) in [5, 5.41) is 14.9. The van der Waals surface area contributed by atoms with Crippen molar-refractivity contribution in [2.24, 2.45) is 0 Å². The zero-order valence-corrected chi connectivity index (χ0v) is 26.0. The summed E-state index contributed by atoms with van der Waals surface area (Å²) in [7, 11) is 2.21. The van der Waals surface area contributed by atoms with Crippen LogP contribution in [0.1, 0.15) is 58.7 Å². The molecule has 10 heteroatoms. The first-order valence-electron chi connectivity index (χ1n) is 14.9. The number of piperazine rings is 1. The number of rotatable bonds is 5. The highest BCUT2D eigenvalue weighted by Crippen LogP contribution is 2.53. The van der Waals surface area contributed by atoms with Crippen molar-refractivity contribution < 1.29 is 9.84 Å². The summed E-state index contributed by atoms with van der Waals surface area (Å²) < 4.78 is 6.34. The third kappa shape index (κ3) is 4.53. The lowest BCUT2D eigenvalue weighted by atomic mass is 9.73. The Morgan fingerprint density at radius 2 is 1.90 bits per heavy atom. The van der Waals surface area contributed by atoms with Crippen molar-refractivity contribution in [1.82, 2.24) is 19.9 Å². The number of likely N-dealkylation sites (tertiary alicyclic amines) is 1. The first-order valence-corrected chi connectivity index (χ1v) is 15.2. The van der Waals surface area contributed by atoms with Gasteiger partial charge in [-0.1, -0.05) is 24.6 Å². The molecule has 6 heterocycles. The zero-order chi connectivity index (χ0) is 29.6. The van der Waals surface area contributed by atoms with Gasteiger partial charge in [0.25, 0.3) is 0 Å². The minimum absolute atomic E-state index is 0.0638. The van der Waals surface area contributed by atoms with E-state index in [4.69, 9.17) is 31.3 Å². The maximum Gasteiger partial charge on any atom is 0.229 e. The van der Waals surface area contributed by atoms with Crippen LogP contribution < -0.4 is 15.1 Å². The summed E-state index contributed by atoms with van der Waals surface area (Å²) >= 11 is 6.84. The van der Waals surface area contributed by atoms with Gasteiger partial charge < -0.3 is 25.0 Å². The molecule has 0 radical (unpaired) electrons. The van der Waals surface area contributed by atoms with Gasteiger partial charge in [0.2, 0.25) is 5.95 Å². The number of hydrogen-bond donors (Lipinski definition) is 2. The van der Waals surface area contributed by atoms with Crippen molar-refractivity contribution in [1.29, 1.82) is 0 Å². The molecule has 9 nitrogen and oxygen atoms in total. The molecule has 1 aromatic carbocycles. The number of aromatic nitrogens is 3. The van der Waals surface area contributed by atoms with Crippen LogP contribution in [0, 0.1) is 0 Å². The number of ether oxygens (including phenoxy) is 1. The van der Waals surface area contributed by atoms with Gasteiger partial charge in [0, 0.05) is 48.0 Å². The Morgan fingerprint density at radius 3 is 2.60 bits per heavy atom. The van der Waals surface area contributed by atoms with Crippen molar-refractivity contribution in [3.8, 4) is 0 Å². The van der Waals surface area contributed by atoms with Crippen molar-refractivity contribution in [2.45, 2.75) is 82.2 Å². The van der Waals surface area contributed by atoms with E-state index in [-0.39, 0.29) is 17.1 Å². The summed E-state index contributed by atoms with van der Waals surface area (Å²) in [6.45, 7) is 12.6. The summed E-state index contributed by atoms with van der Waals surface area (Å²) in [6.07, 6.45) is 3.91. The average Bonchev–Trinajstić information content (AvgIpc) is 3.57. The fourth-order valence-corrected chi connectivity index (χ4v) is 7.56. The summed E-state index contributed by atoms with van der Waals surface area (Å²) in [5.74, 6) is 2.05. The van der Waals surface area contributed by atoms with Gasteiger partial charge in [0.15, 0.2) is 0 Å². The predicted octanol–water partition coefficient (Wildman–Crippen LogP) is 5.37. The highest BCUT2D eigenvalue weighted by molar-refractivity contribution is 6.33. The molecule has 2 bridgehead atoms. The number of likely N-dealkylation sites (N-methyl/N-ethyl adjacent to an activating group) is 1. The maximum atomic E-state index is 10.7. The number of benzene rings is 1. The van der Waals surface area contributed by atoms with Crippen LogP contribution in [0.5, 0.6) is 0 Å². The number of pyridine rings is 1. The molecule has 0 unspecified atom stereocenters. The van der Waals surface area contributed by atoms with Crippen LogP contribution in [0.2, 0.25) is 5.02 Å². The van der Waals surface area contributed by atoms with Gasteiger partial charge in [-0.15, -0.1) is 0 Å². The molecule has 0 amide bonds. The van der Waals surface area contributed by atoms with Gasteiger partial charge in [-0.05, 0) is 77.9 Å². The smallest absolute Gasteiger partial charge is 0.229 e. The van der Waals surface area contributed by atoms with Crippen molar-refractivity contribution in [2.75, 3.05) is 41.9 Å². The van der Waals surface area contributed by atoms with Gasteiger partial charge in [-0.2, -0.15) is 4.98 Å². The molecule has 0 saturated carbocycles. The van der Waals surface area contributed by atoms with E-state index in [0.29, 0.717) is 30.3 Å². The maximum absolute atomic E-state index is 10.7. The first kappa shape index (κ1) is 27.8. The Balaban J connectivity index is 1.22. The SMILES string of the molecule is CN1C[C@@H]2C[C@H]1CN2c1ccc(Nc2ncc3c(n2)N(c2cccc(C(C)(C)O)n2)[C@H]2CC(C)(C)OC[C@@]32C)cc1Cl. The number of aliphatic hydroxyl groups is 1. The van der Waals surface area contributed by atoms with Crippen LogP contribution in [-0.4, -0.2) is 75.4 Å². The molecular weight excluding hydrogens is 550 g/mol. The number of anilines is 5. The predicted molar refractivity (Wildman–Crippen MR) is 166 cm³/mol. The van der Waals surface area contributed by atoms with Gasteiger partial charge in [0.05, 0.1) is 34.7 Å². The lowest BCUT2D eigenvalue weighted by Crippen LogP contribution is -2.54. The van der Waals surface area contributed by atoms with E-state index in [0.717, 1.165) is 53.1 Å². The third-order valence-corrected chi connectivity index (χ3v) is 10.0. The van der Waals surface area contributed by atoms with Crippen molar-refractivity contribution >= 4 is 40.6 Å². The van der Waals surface area contributed by atoms with Crippen molar-refractivity contribution in [3.63, 3.8) is 0 Å². The molecule has 4 aliphatic rings. The molecule has 3 saturated heterocycles. The third-order valence-electron chi connectivity index (χ3n) is 9.74. The monoisotopic (exact) mass is 589 g/mol. The number of fused-ring (bicyclic) bond motifs is 5. The number of halogens is 1. The summed E-state index contributed by atoms with van der Waals surface area (Å²) in [5.41, 5.74) is 1.89. The number of nitrogens with zero attached hydrogens (tertiary/aromatic N) is 6. The molecule has 4 atom stereocenters. The summed E-state index contributed by atoms with van der Waals surface area (Å²) in [4.78, 5) is 21.8. The molecule has 4 aliphatic heterocycles. The highest BCUT2D eigenvalue weighted by atomic mass is 35.5. The van der Waals surface area contributed by atoms with E-state index in [1.165, 1.54) is 6.42 Å². The van der Waals surface area contributed by atoms with Crippen LogP contribution in [0.25, 0.3) is 0 Å². The Bertz CT molecular complexity index is 1540. The fourth-order valence-electron chi connectivity index (χ4n) is 7.27. The van der Waals surface area contributed by atoms with E-state index < -0.39 is 5.60 Å². The minimum atomic E-state index is -1.06. The van der Waals surface area contributed by atoms with Crippen LogP contribution in [0.4, 0.5) is 29.0 Å². The minimum Gasteiger partial charge on any atom is -0.384 e. The highest BCUT2D eigenvalue weighted by Gasteiger charge is 2.55. The van der Waals surface area contributed by atoms with E-state index in [1.807, 2.05) is 30.5 Å². The second-order valence-corrected chi connectivity index (χ2v) is 14.3. The van der Waals surface area contributed by atoms with Crippen LogP contribution in [-0.2, 0) is 15.8 Å². The Hall–Kier alpha value is -2.98. The van der Waals surface area contributed by atoms with Gasteiger partial charge >= 0.3 is 0 Å². The van der Waals surface area contributed by atoms with Gasteiger partial charge in [-0.25, -0.2) is 9.97 Å². The molecule has 7 rings (SSSR count). The first-order chi connectivity index (χ1) is 19.8. The van der Waals surface area contributed by atoms with Crippen molar-refractivity contribution in [3.05, 3.63) is 58.9 Å². The Kier molecular flexibility index (Phi) is 6.30. The molecule has 2 N–H and O–H groups in total. The molecule has 0 spiro atoms. The largest absolute Gasteiger partial charge is 0.384 e. The number of nitrogens with one attached hydrogen (secondary N) is 1. The summed E-state index contributed by atoms with van der Waals surface area (Å²) in [6, 6.07) is 13.1. The Labute approximate surface area is 252 Å². The second-order valence-electron chi connectivity index (χ2n) is 13.9. The zero-order valence-electron chi connectivity index (χ0n) is 25.2. The van der Waals surface area contributed by atoms with Crippen LogP contribution >= 0.6 is 11.6 Å². The molecule has 3 aromatic rings. The molecule has 2 aromatic heterocycles. The molecular formula is C32H40ClN7O2. The molecule has 0 aliphatic carbocycles. The Morgan fingerprint density at radius 1 is 1.10 bits per heavy atom. The van der Waals surface area contributed by atoms with Gasteiger partial charge in [0.1, 0.15) is 17.2 Å². The standard InChI is InChI=1S/C32H40ClN7O2/c1-30(2)14-26-32(5,18-42-30)22-15-34-29(37-28(22)40(26)27-9-7-8-25(36-27)31(3,4)41)35-19-10-11-24(23(33)12-19)39-17-20-13-21(39)16-38(20)6/h7-12,15,20-21,26,41H,13-14,16-18H2,1-6H3,(H,34,35,37)/t20-,21-,26-,32-/m0/s1. The molecule has 3 fully saturated rings. The second kappa shape index (κ2) is 9.51. The van der Waals surface area contributed by atoms with E-state index in [9.17, 15) is 5.11 Å². The molecule has 42 heavy (non-hydrogen) atoms. The fraction of sp³-hybridized carbons (Fsp3) is 0.531. The lowest BCUT2D eigenvalue weighted by molar-refractivity contribution is -0.0893. The molecule has 222 valence electrons. The lowest BCUT2D eigenvalue weighted by Gasteiger charge is -2.46. The normalized spacial score (nSPS) is 28.2. The average molecular weight is 590 g/mol. The van der Waals surface area contributed by atoms with E-state index in [2.05, 4.69) is 60.0 Å². The van der Waals surface area contributed by atoms with Crippen LogP contribution in [0.3, 0.4) is 0 Å². The van der Waals surface area contributed by atoms with E-state index in [1.54, 1.807) is 13.8 Å². The van der Waals surface area contributed by atoms with Crippen LogP contribution in [0.15, 0.2) is 42.6 Å². The van der Waals surface area contributed by atoms with E-state index >= 15 is 0 Å².